The lowest BCUT2D eigenvalue weighted by molar-refractivity contribution is -0.135. The van der Waals surface area contributed by atoms with E-state index in [1.807, 2.05) is 29.2 Å². The first-order valence-electron chi connectivity index (χ1n) is 5.78. The topological polar surface area (TPSA) is 46.3 Å². The van der Waals surface area contributed by atoms with Crippen LogP contribution in [-0.4, -0.2) is 17.4 Å². The van der Waals surface area contributed by atoms with Gasteiger partial charge in [0.1, 0.15) is 0 Å². The molecule has 0 bridgehead atoms. The van der Waals surface area contributed by atoms with Gasteiger partial charge in [-0.15, -0.1) is 0 Å². The van der Waals surface area contributed by atoms with E-state index in [0.29, 0.717) is 18.9 Å². The Morgan fingerprint density at radius 1 is 1.44 bits per heavy atom. The third-order valence-electron chi connectivity index (χ3n) is 3.18. The van der Waals surface area contributed by atoms with E-state index in [1.54, 1.807) is 0 Å². The van der Waals surface area contributed by atoms with Crippen molar-refractivity contribution in [2.24, 2.45) is 5.92 Å². The predicted octanol–water partition coefficient (Wildman–Crippen LogP) is 2.03. The van der Waals surface area contributed by atoms with Crippen LogP contribution in [0.1, 0.15) is 25.3 Å². The average Bonchev–Trinajstić information content (AvgIpc) is 2.25. The number of nitrogens with two attached hydrogens (primary N) is 1. The summed E-state index contributed by atoms with van der Waals surface area (Å²) in [7, 11) is 0. The normalized spacial score (nSPS) is 21.2. The van der Waals surface area contributed by atoms with Crippen LogP contribution in [0.25, 0.3) is 0 Å². The third-order valence-corrected chi connectivity index (χ3v) is 3.18. The molecule has 1 aromatic carbocycles. The Balaban J connectivity index is 2.05. The Hall–Kier alpha value is -1.51. The molecule has 1 heterocycles. The molecular weight excluding hydrogens is 200 g/mol. The Morgan fingerprint density at radius 2 is 2.19 bits per heavy atom. The summed E-state index contributed by atoms with van der Waals surface area (Å²) in [5.41, 5.74) is 7.69. The molecule has 16 heavy (non-hydrogen) atoms. The minimum absolute atomic E-state index is 0.252. The summed E-state index contributed by atoms with van der Waals surface area (Å²) >= 11 is 0. The first kappa shape index (κ1) is 11.0. The fourth-order valence-electron chi connectivity index (χ4n) is 2.08. The summed E-state index contributed by atoms with van der Waals surface area (Å²) < 4.78 is 0. The Kier molecular flexibility index (Phi) is 3.13. The number of para-hydroxylation sites is 1. The molecule has 1 saturated heterocycles. The number of nitrogens with zero attached hydrogens (tertiary/aromatic N) is 1. The van der Waals surface area contributed by atoms with Gasteiger partial charge in [-0.25, -0.2) is 0 Å². The highest BCUT2D eigenvalue weighted by molar-refractivity contribution is 5.77. The van der Waals surface area contributed by atoms with Crippen molar-refractivity contribution in [1.29, 1.82) is 0 Å². The quantitative estimate of drug-likeness (QED) is 0.772. The molecule has 3 heteroatoms. The van der Waals surface area contributed by atoms with E-state index in [4.69, 9.17) is 5.73 Å². The molecule has 1 aromatic rings. The second-order valence-electron chi connectivity index (χ2n) is 4.61. The first-order chi connectivity index (χ1) is 7.66. The molecule has 1 amide bonds. The van der Waals surface area contributed by atoms with Gasteiger partial charge in [-0.1, -0.05) is 25.1 Å². The first-order valence-corrected chi connectivity index (χ1v) is 5.78. The lowest BCUT2D eigenvalue weighted by Crippen LogP contribution is -2.37. The maximum Gasteiger partial charge on any atom is 0.223 e. The molecule has 2 rings (SSSR count). The van der Waals surface area contributed by atoms with E-state index in [1.165, 1.54) is 0 Å². The number of amides is 1. The highest BCUT2D eigenvalue weighted by Crippen LogP contribution is 2.21. The maximum atomic E-state index is 11.8. The van der Waals surface area contributed by atoms with Gasteiger partial charge in [0.25, 0.3) is 0 Å². The van der Waals surface area contributed by atoms with E-state index in [0.717, 1.165) is 24.2 Å². The molecule has 0 aliphatic carbocycles. The minimum Gasteiger partial charge on any atom is -0.398 e. The van der Waals surface area contributed by atoms with Gasteiger partial charge in [0, 0.05) is 25.2 Å². The lowest BCUT2D eigenvalue weighted by atomic mass is 9.98. The standard InChI is InChI=1S/C13H18N2O/c1-10-6-7-15(13(16)8-10)9-11-4-2-3-5-12(11)14/h2-5,10H,6-9,14H2,1H3. The van der Waals surface area contributed by atoms with Crippen LogP contribution in [0.4, 0.5) is 5.69 Å². The van der Waals surface area contributed by atoms with Gasteiger partial charge in [0.15, 0.2) is 0 Å². The van der Waals surface area contributed by atoms with Crippen LogP contribution >= 0.6 is 0 Å². The number of benzene rings is 1. The molecule has 1 aliphatic rings. The fraction of sp³-hybridized carbons (Fsp3) is 0.462. The maximum absolute atomic E-state index is 11.8. The van der Waals surface area contributed by atoms with Crippen LogP contribution < -0.4 is 5.73 Å². The van der Waals surface area contributed by atoms with Crippen molar-refractivity contribution in [3.63, 3.8) is 0 Å². The van der Waals surface area contributed by atoms with Crippen LogP contribution in [0.5, 0.6) is 0 Å². The third kappa shape index (κ3) is 2.35. The zero-order valence-electron chi connectivity index (χ0n) is 9.65. The van der Waals surface area contributed by atoms with Gasteiger partial charge in [-0.05, 0) is 24.0 Å². The van der Waals surface area contributed by atoms with E-state index in [2.05, 4.69) is 6.92 Å². The number of hydrogen-bond acceptors (Lipinski definition) is 2. The van der Waals surface area contributed by atoms with Crippen LogP contribution in [0.3, 0.4) is 0 Å². The minimum atomic E-state index is 0.252. The molecule has 0 radical (unpaired) electrons. The second-order valence-corrected chi connectivity index (χ2v) is 4.61. The fourth-order valence-corrected chi connectivity index (χ4v) is 2.08. The number of piperidine rings is 1. The van der Waals surface area contributed by atoms with Gasteiger partial charge < -0.3 is 10.6 Å². The van der Waals surface area contributed by atoms with Gasteiger partial charge in [0.2, 0.25) is 5.91 Å². The van der Waals surface area contributed by atoms with Crippen molar-refractivity contribution in [2.45, 2.75) is 26.3 Å². The van der Waals surface area contributed by atoms with Crippen molar-refractivity contribution in [3.05, 3.63) is 29.8 Å². The molecule has 2 N–H and O–H groups in total. The van der Waals surface area contributed by atoms with Gasteiger partial charge >= 0.3 is 0 Å². The number of nitrogen functional groups attached to an aromatic ring is 1. The molecule has 0 spiro atoms. The van der Waals surface area contributed by atoms with Gasteiger partial charge in [-0.2, -0.15) is 0 Å². The van der Waals surface area contributed by atoms with E-state index < -0.39 is 0 Å². The monoisotopic (exact) mass is 218 g/mol. The number of hydrogen-bond donors (Lipinski definition) is 1. The highest BCUT2D eigenvalue weighted by atomic mass is 16.2. The zero-order valence-corrected chi connectivity index (χ0v) is 9.65. The lowest BCUT2D eigenvalue weighted by Gasteiger charge is -2.30. The Labute approximate surface area is 96.2 Å². The van der Waals surface area contributed by atoms with Crippen LogP contribution in [0, 0.1) is 5.92 Å². The molecule has 1 atom stereocenters. The summed E-state index contributed by atoms with van der Waals surface area (Å²) in [6.45, 7) is 3.64. The average molecular weight is 218 g/mol. The summed E-state index contributed by atoms with van der Waals surface area (Å²) in [4.78, 5) is 13.7. The van der Waals surface area contributed by atoms with Crippen molar-refractivity contribution in [2.75, 3.05) is 12.3 Å². The van der Waals surface area contributed by atoms with Crippen molar-refractivity contribution < 1.29 is 4.79 Å². The smallest absolute Gasteiger partial charge is 0.223 e. The largest absolute Gasteiger partial charge is 0.398 e. The number of carbonyl (C=O) groups excluding carboxylic acids is 1. The molecule has 1 unspecified atom stereocenters. The molecule has 1 fully saturated rings. The number of likely N-dealkylation sites (tertiary alicyclic amines) is 1. The summed E-state index contributed by atoms with van der Waals surface area (Å²) in [6, 6.07) is 7.74. The van der Waals surface area contributed by atoms with Crippen LogP contribution in [-0.2, 0) is 11.3 Å². The molecule has 3 nitrogen and oxygen atoms in total. The predicted molar refractivity (Wildman–Crippen MR) is 64.7 cm³/mol. The van der Waals surface area contributed by atoms with E-state index in [-0.39, 0.29) is 5.91 Å². The van der Waals surface area contributed by atoms with Crippen LogP contribution in [0.2, 0.25) is 0 Å². The van der Waals surface area contributed by atoms with Crippen molar-refractivity contribution >= 4 is 11.6 Å². The summed E-state index contributed by atoms with van der Waals surface area (Å²) in [5, 5.41) is 0. The van der Waals surface area contributed by atoms with Gasteiger partial charge in [-0.3, -0.25) is 4.79 Å². The van der Waals surface area contributed by atoms with Crippen molar-refractivity contribution in [3.8, 4) is 0 Å². The Morgan fingerprint density at radius 3 is 2.88 bits per heavy atom. The zero-order chi connectivity index (χ0) is 11.5. The van der Waals surface area contributed by atoms with E-state index in [9.17, 15) is 4.79 Å². The van der Waals surface area contributed by atoms with Crippen molar-refractivity contribution in [1.82, 2.24) is 4.90 Å². The summed E-state index contributed by atoms with van der Waals surface area (Å²) in [5.74, 6) is 0.777. The number of rotatable bonds is 2. The number of carbonyl (C=O) groups is 1. The van der Waals surface area contributed by atoms with Gasteiger partial charge in [0.05, 0.1) is 0 Å². The summed E-state index contributed by atoms with van der Waals surface area (Å²) in [6.07, 6.45) is 1.77. The second kappa shape index (κ2) is 4.56. The molecule has 86 valence electrons. The Bertz CT molecular complexity index is 389. The number of anilines is 1. The van der Waals surface area contributed by atoms with Crippen LogP contribution in [0.15, 0.2) is 24.3 Å². The molecule has 1 aliphatic heterocycles. The molecular formula is C13H18N2O. The molecule has 0 aromatic heterocycles. The SMILES string of the molecule is CC1CCN(Cc2ccccc2N)C(=O)C1. The highest BCUT2D eigenvalue weighted by Gasteiger charge is 2.23. The van der Waals surface area contributed by atoms with E-state index >= 15 is 0 Å². The molecule has 0 saturated carbocycles.